The highest BCUT2D eigenvalue weighted by atomic mass is 32.2. The van der Waals surface area contributed by atoms with Gasteiger partial charge in [-0.25, -0.2) is 0 Å². The third-order valence-corrected chi connectivity index (χ3v) is 4.06. The molecule has 1 heterocycles. The van der Waals surface area contributed by atoms with Crippen LogP contribution in [-0.4, -0.2) is 11.5 Å². The molecule has 1 saturated heterocycles. The van der Waals surface area contributed by atoms with Gasteiger partial charge >= 0.3 is 0 Å². The Morgan fingerprint density at radius 2 is 1.44 bits per heavy atom. The summed E-state index contributed by atoms with van der Waals surface area (Å²) in [5, 5.41) is 0. The minimum atomic E-state index is 1.13. The Bertz CT molecular complexity index is 88.7. The normalized spacial score (nSPS) is 42.7. The molecule has 9 heavy (non-hydrogen) atoms. The Morgan fingerprint density at radius 3 is 2.00 bits per heavy atom. The maximum Gasteiger partial charge on any atom is -0.00361 e. The second-order valence-corrected chi connectivity index (χ2v) is 4.42. The lowest BCUT2D eigenvalue weighted by Crippen LogP contribution is -2.16. The van der Waals surface area contributed by atoms with E-state index >= 15 is 0 Å². The van der Waals surface area contributed by atoms with Gasteiger partial charge in [-0.1, -0.05) is 12.8 Å². The topological polar surface area (TPSA) is 0 Å². The first-order valence-corrected chi connectivity index (χ1v) is 5.20. The van der Waals surface area contributed by atoms with Crippen LogP contribution >= 0.6 is 11.8 Å². The van der Waals surface area contributed by atoms with Crippen LogP contribution in [0.15, 0.2) is 0 Å². The van der Waals surface area contributed by atoms with Crippen molar-refractivity contribution in [1.29, 1.82) is 0 Å². The predicted molar refractivity (Wildman–Crippen MR) is 42.8 cm³/mol. The highest BCUT2D eigenvalue weighted by Gasteiger charge is 2.29. The van der Waals surface area contributed by atoms with Crippen molar-refractivity contribution in [3.8, 4) is 0 Å². The second kappa shape index (κ2) is 2.53. The molecule has 52 valence electrons. The quantitative estimate of drug-likeness (QED) is 0.501. The Balaban J connectivity index is 1.97. The zero-order valence-electron chi connectivity index (χ0n) is 5.81. The van der Waals surface area contributed by atoms with Crippen molar-refractivity contribution >= 4 is 11.8 Å². The van der Waals surface area contributed by atoms with Crippen LogP contribution in [0.25, 0.3) is 0 Å². The fraction of sp³-hybridized carbons (Fsp3) is 1.00. The minimum absolute atomic E-state index is 1.13. The Morgan fingerprint density at radius 1 is 0.889 bits per heavy atom. The van der Waals surface area contributed by atoms with Gasteiger partial charge in [0, 0.05) is 0 Å². The Labute approximate surface area is 61.4 Å². The van der Waals surface area contributed by atoms with E-state index in [-0.39, 0.29) is 0 Å². The Kier molecular flexibility index (Phi) is 1.71. The fourth-order valence-electron chi connectivity index (χ4n) is 2.09. The summed E-state index contributed by atoms with van der Waals surface area (Å²) in [6.07, 6.45) is 6.11. The summed E-state index contributed by atoms with van der Waals surface area (Å²) >= 11 is 2.18. The molecule has 0 N–H and O–H groups in total. The lowest BCUT2D eigenvalue weighted by molar-refractivity contribution is 0.299. The summed E-state index contributed by atoms with van der Waals surface area (Å²) in [4.78, 5) is 0. The maximum atomic E-state index is 2.18. The van der Waals surface area contributed by atoms with Gasteiger partial charge in [-0.3, -0.25) is 0 Å². The summed E-state index contributed by atoms with van der Waals surface area (Å²) in [5.74, 6) is 5.21. The first kappa shape index (κ1) is 6.09. The van der Waals surface area contributed by atoms with Gasteiger partial charge in [0.2, 0.25) is 0 Å². The highest BCUT2D eigenvalue weighted by Crippen LogP contribution is 2.39. The van der Waals surface area contributed by atoms with E-state index in [1.807, 2.05) is 0 Å². The fourth-order valence-corrected chi connectivity index (χ4v) is 3.71. The summed E-state index contributed by atoms with van der Waals surface area (Å²) in [5.41, 5.74) is 0. The molecule has 2 aliphatic rings. The largest absolute Gasteiger partial charge is 0.161 e. The van der Waals surface area contributed by atoms with Crippen molar-refractivity contribution in [1.82, 2.24) is 0 Å². The summed E-state index contributed by atoms with van der Waals surface area (Å²) in [6.45, 7) is 0. The molecule has 0 bridgehead atoms. The molecule has 1 aliphatic heterocycles. The second-order valence-electron chi connectivity index (χ2n) is 3.34. The molecule has 2 rings (SSSR count). The van der Waals surface area contributed by atoms with Gasteiger partial charge in [-0.15, -0.1) is 0 Å². The van der Waals surface area contributed by atoms with E-state index in [1.165, 1.54) is 37.2 Å². The SMILES string of the molecule is C1CCC2CSCC2C1. The molecule has 0 radical (unpaired) electrons. The number of rotatable bonds is 0. The highest BCUT2D eigenvalue weighted by molar-refractivity contribution is 7.99. The van der Waals surface area contributed by atoms with Crippen molar-refractivity contribution in [3.63, 3.8) is 0 Å². The molecule has 2 unspecified atom stereocenters. The van der Waals surface area contributed by atoms with Crippen molar-refractivity contribution in [2.75, 3.05) is 11.5 Å². The van der Waals surface area contributed by atoms with Gasteiger partial charge in [0.1, 0.15) is 0 Å². The molecular formula is C8H14S. The number of hydrogen-bond acceptors (Lipinski definition) is 1. The maximum absolute atomic E-state index is 2.18. The minimum Gasteiger partial charge on any atom is -0.161 e. The van der Waals surface area contributed by atoms with Gasteiger partial charge in [0.25, 0.3) is 0 Å². The molecule has 0 amide bonds. The van der Waals surface area contributed by atoms with Crippen molar-refractivity contribution in [2.45, 2.75) is 25.7 Å². The number of hydrogen-bond donors (Lipinski definition) is 0. The summed E-state index contributed by atoms with van der Waals surface area (Å²) in [7, 11) is 0. The molecule has 2 fully saturated rings. The van der Waals surface area contributed by atoms with Crippen LogP contribution in [0.5, 0.6) is 0 Å². The lowest BCUT2D eigenvalue weighted by Gasteiger charge is -2.23. The lowest BCUT2D eigenvalue weighted by atomic mass is 9.82. The van der Waals surface area contributed by atoms with E-state index in [0.29, 0.717) is 0 Å². The van der Waals surface area contributed by atoms with Crippen molar-refractivity contribution in [2.24, 2.45) is 11.8 Å². The Hall–Kier alpha value is 0.350. The summed E-state index contributed by atoms with van der Waals surface area (Å²) < 4.78 is 0. The average molecular weight is 142 g/mol. The first-order chi connectivity index (χ1) is 4.47. The van der Waals surface area contributed by atoms with Gasteiger partial charge in [-0.2, -0.15) is 11.8 Å². The zero-order valence-corrected chi connectivity index (χ0v) is 6.62. The monoisotopic (exact) mass is 142 g/mol. The molecule has 0 aromatic rings. The summed E-state index contributed by atoms with van der Waals surface area (Å²) in [6, 6.07) is 0. The molecule has 0 spiro atoms. The number of thioether (sulfide) groups is 1. The molecule has 0 aromatic heterocycles. The predicted octanol–water partition coefficient (Wildman–Crippen LogP) is 2.54. The van der Waals surface area contributed by atoms with E-state index in [0.717, 1.165) is 11.8 Å². The van der Waals surface area contributed by atoms with E-state index in [4.69, 9.17) is 0 Å². The van der Waals surface area contributed by atoms with E-state index < -0.39 is 0 Å². The van der Waals surface area contributed by atoms with E-state index in [9.17, 15) is 0 Å². The van der Waals surface area contributed by atoms with E-state index in [1.54, 1.807) is 0 Å². The molecule has 0 nitrogen and oxygen atoms in total. The van der Waals surface area contributed by atoms with Crippen LogP contribution in [0.4, 0.5) is 0 Å². The molecule has 1 heteroatoms. The third kappa shape index (κ3) is 1.12. The van der Waals surface area contributed by atoms with Crippen molar-refractivity contribution < 1.29 is 0 Å². The third-order valence-electron chi connectivity index (χ3n) is 2.73. The first-order valence-electron chi connectivity index (χ1n) is 4.04. The average Bonchev–Trinajstić information content (AvgIpc) is 2.33. The van der Waals surface area contributed by atoms with Crippen LogP contribution < -0.4 is 0 Å². The smallest absolute Gasteiger partial charge is 0.00361 e. The molecule has 0 aromatic carbocycles. The van der Waals surface area contributed by atoms with Crippen LogP contribution in [-0.2, 0) is 0 Å². The van der Waals surface area contributed by atoms with Crippen LogP contribution in [0.3, 0.4) is 0 Å². The van der Waals surface area contributed by atoms with Crippen LogP contribution in [0.1, 0.15) is 25.7 Å². The van der Waals surface area contributed by atoms with Crippen molar-refractivity contribution in [3.05, 3.63) is 0 Å². The standard InChI is InChI=1S/C8H14S/c1-2-4-8-6-9-5-7(8)3-1/h7-8H,1-6H2. The molecular weight excluding hydrogens is 128 g/mol. The van der Waals surface area contributed by atoms with Gasteiger partial charge < -0.3 is 0 Å². The van der Waals surface area contributed by atoms with Crippen LogP contribution in [0, 0.1) is 11.8 Å². The van der Waals surface area contributed by atoms with Gasteiger partial charge in [0.15, 0.2) is 0 Å². The van der Waals surface area contributed by atoms with E-state index in [2.05, 4.69) is 11.8 Å². The van der Waals surface area contributed by atoms with Gasteiger partial charge in [0.05, 0.1) is 0 Å². The number of fused-ring (bicyclic) bond motifs is 1. The zero-order chi connectivity index (χ0) is 6.10. The molecule has 1 saturated carbocycles. The van der Waals surface area contributed by atoms with Gasteiger partial charge in [-0.05, 0) is 36.2 Å². The molecule has 1 aliphatic carbocycles. The molecule has 2 atom stereocenters. The van der Waals surface area contributed by atoms with Crippen LogP contribution in [0.2, 0.25) is 0 Å².